The molecular formula is C34H30FN5O2. The van der Waals surface area contributed by atoms with E-state index in [1.54, 1.807) is 30.6 Å². The Hall–Kier alpha value is -5.20. The predicted molar refractivity (Wildman–Crippen MR) is 163 cm³/mol. The monoisotopic (exact) mass is 559 g/mol. The molecule has 0 bridgehead atoms. The molecule has 1 atom stereocenters. The van der Waals surface area contributed by atoms with E-state index < -0.39 is 0 Å². The summed E-state index contributed by atoms with van der Waals surface area (Å²) in [6, 6.07) is 21.7. The van der Waals surface area contributed by atoms with Gasteiger partial charge in [0.1, 0.15) is 11.6 Å². The van der Waals surface area contributed by atoms with Gasteiger partial charge in [-0.25, -0.2) is 19.2 Å². The number of ether oxygens (including phenoxy) is 1. The first kappa shape index (κ1) is 27.0. The lowest BCUT2D eigenvalue weighted by molar-refractivity contribution is 0.249. The van der Waals surface area contributed by atoms with Crippen molar-refractivity contribution in [1.29, 1.82) is 0 Å². The first-order valence-electron chi connectivity index (χ1n) is 13.9. The zero-order valence-corrected chi connectivity index (χ0v) is 23.2. The standard InChI is InChI=1S/C34H30FN5O2/c1-3-6-30-29-18-17-28(42-34-36-19-5-20-37-34)21-31(29)40(27-7-4-8-27)32(30)24-11-15-26(16-12-24)39-33(41)38-22(2)23-9-13-25(35)14-10-23/h5-6,9-22,27H,1,4,7-8H2,2H3,(H2,38,39,41). The number of urea groups is 1. The maximum Gasteiger partial charge on any atom is 0.321 e. The van der Waals surface area contributed by atoms with E-state index in [1.807, 2.05) is 49.4 Å². The van der Waals surface area contributed by atoms with Crippen molar-refractivity contribution >= 4 is 28.7 Å². The van der Waals surface area contributed by atoms with Crippen molar-refractivity contribution in [2.24, 2.45) is 0 Å². The number of nitrogens with zero attached hydrogens (tertiary/aromatic N) is 3. The van der Waals surface area contributed by atoms with E-state index in [2.05, 4.69) is 43.5 Å². The normalized spacial score (nSPS) is 13.6. The Labute approximate surface area is 243 Å². The molecule has 0 spiro atoms. The molecule has 7 nitrogen and oxygen atoms in total. The van der Waals surface area contributed by atoms with Crippen LogP contribution in [0.4, 0.5) is 14.9 Å². The molecule has 2 aromatic heterocycles. The third kappa shape index (κ3) is 5.53. The predicted octanol–water partition coefficient (Wildman–Crippen LogP) is 8.44. The highest BCUT2D eigenvalue weighted by molar-refractivity contribution is 5.99. The molecule has 3 aromatic carbocycles. The highest BCUT2D eigenvalue weighted by Gasteiger charge is 2.27. The number of carbonyl (C=O) groups excluding carboxylic acids is 1. The summed E-state index contributed by atoms with van der Waals surface area (Å²) < 4.78 is 21.6. The zero-order valence-electron chi connectivity index (χ0n) is 23.2. The van der Waals surface area contributed by atoms with E-state index in [1.165, 1.54) is 18.6 Å². The van der Waals surface area contributed by atoms with Crippen LogP contribution in [-0.4, -0.2) is 20.6 Å². The first-order chi connectivity index (χ1) is 20.5. The van der Waals surface area contributed by atoms with Crippen molar-refractivity contribution in [1.82, 2.24) is 19.9 Å². The van der Waals surface area contributed by atoms with Crippen molar-refractivity contribution in [2.75, 3.05) is 5.32 Å². The minimum atomic E-state index is -0.339. The lowest BCUT2D eigenvalue weighted by Crippen LogP contribution is -2.31. The lowest BCUT2D eigenvalue weighted by Gasteiger charge is -2.30. The second kappa shape index (κ2) is 11.7. The molecule has 5 aromatic rings. The van der Waals surface area contributed by atoms with E-state index in [4.69, 9.17) is 4.74 Å². The summed E-state index contributed by atoms with van der Waals surface area (Å²) in [7, 11) is 0. The average molecular weight is 560 g/mol. The van der Waals surface area contributed by atoms with Crippen molar-refractivity contribution in [3.8, 4) is 23.0 Å². The molecule has 1 unspecified atom stereocenters. The van der Waals surface area contributed by atoms with Crippen LogP contribution in [0.15, 0.2) is 97.5 Å². The number of hydrogen-bond donors (Lipinski definition) is 2. The molecule has 1 aliphatic rings. The summed E-state index contributed by atoms with van der Waals surface area (Å²) in [6.45, 7) is 5.71. The topological polar surface area (TPSA) is 81.1 Å². The van der Waals surface area contributed by atoms with E-state index in [0.717, 1.165) is 46.1 Å². The van der Waals surface area contributed by atoms with Crippen LogP contribution in [0.3, 0.4) is 0 Å². The molecule has 2 amide bonds. The van der Waals surface area contributed by atoms with Gasteiger partial charge in [0.2, 0.25) is 0 Å². The molecule has 0 radical (unpaired) electrons. The summed E-state index contributed by atoms with van der Waals surface area (Å²) in [4.78, 5) is 21.1. The number of carbonyl (C=O) groups is 1. The van der Waals surface area contributed by atoms with Crippen molar-refractivity contribution < 1.29 is 13.9 Å². The summed E-state index contributed by atoms with van der Waals surface area (Å²) in [5.74, 6) is 0.349. The van der Waals surface area contributed by atoms with Crippen LogP contribution in [0.2, 0.25) is 0 Å². The second-order valence-corrected chi connectivity index (χ2v) is 10.3. The van der Waals surface area contributed by atoms with Crippen LogP contribution in [0.25, 0.3) is 28.2 Å². The average Bonchev–Trinajstić information content (AvgIpc) is 3.26. The van der Waals surface area contributed by atoms with Gasteiger partial charge in [0.05, 0.1) is 17.3 Å². The van der Waals surface area contributed by atoms with Crippen molar-refractivity contribution in [3.63, 3.8) is 0 Å². The van der Waals surface area contributed by atoms with Gasteiger partial charge in [-0.05, 0) is 85.9 Å². The number of anilines is 1. The van der Waals surface area contributed by atoms with Crippen LogP contribution in [0.1, 0.15) is 49.4 Å². The Morgan fingerprint density at radius 2 is 1.83 bits per heavy atom. The number of halogens is 1. The minimum Gasteiger partial charge on any atom is -0.424 e. The van der Waals surface area contributed by atoms with Gasteiger partial charge >= 0.3 is 12.0 Å². The van der Waals surface area contributed by atoms with E-state index in [-0.39, 0.29) is 17.9 Å². The Morgan fingerprint density at radius 3 is 2.50 bits per heavy atom. The summed E-state index contributed by atoms with van der Waals surface area (Å²) in [6.07, 6.45) is 8.58. The fourth-order valence-electron chi connectivity index (χ4n) is 5.30. The van der Waals surface area contributed by atoms with Crippen LogP contribution in [-0.2, 0) is 0 Å². The van der Waals surface area contributed by atoms with Crippen molar-refractivity contribution in [3.05, 3.63) is 114 Å². The maximum absolute atomic E-state index is 13.3. The minimum absolute atomic E-state index is 0.279. The largest absolute Gasteiger partial charge is 0.424 e. The smallest absolute Gasteiger partial charge is 0.321 e. The number of aromatic nitrogens is 3. The number of hydrogen-bond acceptors (Lipinski definition) is 4. The number of rotatable bonds is 8. The molecule has 2 heterocycles. The molecular weight excluding hydrogens is 529 g/mol. The molecule has 42 heavy (non-hydrogen) atoms. The third-order valence-corrected chi connectivity index (χ3v) is 7.59. The first-order valence-corrected chi connectivity index (χ1v) is 13.9. The van der Waals surface area contributed by atoms with Crippen LogP contribution >= 0.6 is 0 Å². The fraction of sp³-hybridized carbons (Fsp3) is 0.176. The molecule has 210 valence electrons. The molecule has 0 saturated heterocycles. The van der Waals surface area contributed by atoms with Gasteiger partial charge < -0.3 is 19.9 Å². The van der Waals surface area contributed by atoms with E-state index in [9.17, 15) is 9.18 Å². The fourth-order valence-corrected chi connectivity index (χ4v) is 5.30. The van der Waals surface area contributed by atoms with Crippen LogP contribution in [0, 0.1) is 5.82 Å². The number of nitrogens with one attached hydrogen (secondary N) is 2. The number of fused-ring (bicyclic) bond motifs is 1. The Balaban J connectivity index is 1.30. The van der Waals surface area contributed by atoms with Crippen molar-refractivity contribution in [2.45, 2.75) is 38.3 Å². The Morgan fingerprint density at radius 1 is 1.10 bits per heavy atom. The van der Waals surface area contributed by atoms with Gasteiger partial charge in [-0.3, -0.25) is 0 Å². The number of amides is 2. The highest BCUT2D eigenvalue weighted by Crippen LogP contribution is 2.44. The third-order valence-electron chi connectivity index (χ3n) is 7.59. The summed E-state index contributed by atoms with van der Waals surface area (Å²) in [5, 5.41) is 6.87. The van der Waals surface area contributed by atoms with Gasteiger partial charge in [-0.15, -0.1) is 5.73 Å². The molecule has 1 fully saturated rings. The molecule has 2 N–H and O–H groups in total. The van der Waals surface area contributed by atoms with Gasteiger partial charge in [0.25, 0.3) is 0 Å². The molecule has 8 heteroatoms. The maximum atomic E-state index is 13.3. The SMILES string of the molecule is C=C=Cc1c(-c2ccc(NC(=O)NC(C)c3ccc(F)cc3)cc2)n(C2CCC2)c2cc(Oc3ncccn3)ccc12. The Kier molecular flexibility index (Phi) is 7.54. The lowest BCUT2D eigenvalue weighted by atomic mass is 9.92. The second-order valence-electron chi connectivity index (χ2n) is 10.3. The molecule has 6 rings (SSSR count). The van der Waals surface area contributed by atoms with E-state index in [0.29, 0.717) is 23.5 Å². The quantitative estimate of drug-likeness (QED) is 0.187. The summed E-state index contributed by atoms with van der Waals surface area (Å²) in [5.41, 5.74) is 8.62. The van der Waals surface area contributed by atoms with Crippen LogP contribution in [0.5, 0.6) is 11.8 Å². The Bertz CT molecular complexity index is 1770. The number of benzene rings is 3. The zero-order chi connectivity index (χ0) is 29.1. The molecule has 1 aliphatic carbocycles. The molecule has 0 aliphatic heterocycles. The van der Waals surface area contributed by atoms with Gasteiger partial charge in [-0.1, -0.05) is 30.8 Å². The van der Waals surface area contributed by atoms with Gasteiger partial charge in [0, 0.05) is 41.1 Å². The highest BCUT2D eigenvalue weighted by atomic mass is 19.1. The van der Waals surface area contributed by atoms with Gasteiger partial charge in [-0.2, -0.15) is 0 Å². The van der Waals surface area contributed by atoms with E-state index >= 15 is 0 Å². The molecule has 1 saturated carbocycles. The van der Waals surface area contributed by atoms with Crippen LogP contribution < -0.4 is 15.4 Å². The van der Waals surface area contributed by atoms with Gasteiger partial charge in [0.15, 0.2) is 0 Å². The summed E-state index contributed by atoms with van der Waals surface area (Å²) >= 11 is 0.